The number of benzene rings is 2. The molecule has 188 valence electrons. The van der Waals surface area contributed by atoms with Gasteiger partial charge in [-0.3, -0.25) is 14.4 Å². The molecule has 1 heterocycles. The Morgan fingerprint density at radius 3 is 2.28 bits per heavy atom. The second-order valence-corrected chi connectivity index (χ2v) is 9.48. The van der Waals surface area contributed by atoms with E-state index in [2.05, 4.69) is 23.8 Å². The number of para-hydroxylation sites is 1. The largest absolute Gasteiger partial charge is 0.369 e. The Labute approximate surface area is 212 Å². The lowest BCUT2D eigenvalue weighted by atomic mass is 9.66. The van der Waals surface area contributed by atoms with Crippen LogP contribution in [0.25, 0.3) is 0 Å². The van der Waals surface area contributed by atoms with Gasteiger partial charge in [0, 0.05) is 11.1 Å². The second kappa shape index (κ2) is 11.6. The molecule has 2 atom stereocenters. The van der Waals surface area contributed by atoms with Crippen LogP contribution in [0.3, 0.4) is 0 Å². The Hall–Kier alpha value is -4.00. The minimum absolute atomic E-state index is 0.0877. The summed E-state index contributed by atoms with van der Waals surface area (Å²) < 4.78 is 0. The monoisotopic (exact) mass is 486 g/mol. The van der Waals surface area contributed by atoms with Crippen molar-refractivity contribution >= 4 is 29.1 Å². The Kier molecular flexibility index (Phi) is 8.59. The third-order valence-electron chi connectivity index (χ3n) is 6.47. The van der Waals surface area contributed by atoms with Gasteiger partial charge in [0.25, 0.3) is 5.91 Å². The minimum atomic E-state index is -1.21. The molecule has 0 bridgehead atoms. The van der Waals surface area contributed by atoms with Gasteiger partial charge in [0.2, 0.25) is 18.0 Å². The lowest BCUT2D eigenvalue weighted by molar-refractivity contribution is -0.142. The first kappa shape index (κ1) is 26.6. The molecule has 2 aromatic rings. The molecule has 4 N–H and O–H groups in total. The van der Waals surface area contributed by atoms with Gasteiger partial charge in [-0.25, -0.2) is 4.99 Å². The number of hydrogen-bond acceptors (Lipinski definition) is 4. The van der Waals surface area contributed by atoms with Crippen molar-refractivity contribution in [2.24, 2.45) is 28.0 Å². The predicted molar refractivity (Wildman–Crippen MR) is 143 cm³/mol. The number of carbonyl (C=O) groups excluding carboxylic acids is 3. The van der Waals surface area contributed by atoms with Crippen LogP contribution in [0.5, 0.6) is 0 Å². The lowest BCUT2D eigenvalue weighted by Crippen LogP contribution is -2.53. The van der Waals surface area contributed by atoms with Gasteiger partial charge >= 0.3 is 0 Å². The van der Waals surface area contributed by atoms with Crippen LogP contribution in [0.2, 0.25) is 0 Å². The number of amides is 3. The van der Waals surface area contributed by atoms with Gasteiger partial charge in [0.05, 0.1) is 22.7 Å². The maximum absolute atomic E-state index is 13.8. The van der Waals surface area contributed by atoms with Crippen molar-refractivity contribution in [1.29, 1.82) is 0 Å². The molecule has 0 spiro atoms. The molecule has 2 aromatic carbocycles. The highest BCUT2D eigenvalue weighted by atomic mass is 16.2. The van der Waals surface area contributed by atoms with E-state index in [1.165, 1.54) is 0 Å². The number of nitrogens with zero attached hydrogens (tertiary/aromatic N) is 1. The van der Waals surface area contributed by atoms with Crippen LogP contribution in [0.4, 0.5) is 5.69 Å². The number of aliphatic imine (C=N–C) groups is 1. The molecular formula is C29H34N4O3. The number of carbonyl (C=O) groups is 3. The smallest absolute Gasteiger partial charge is 0.269 e. The van der Waals surface area contributed by atoms with Crippen LogP contribution < -0.4 is 16.4 Å². The SMILES string of the molecule is C=CCC(CC=C)(C(N)=O)[C@@H](CC(C)C)C(=O)N[C@H]1N=C(c2ccccc2)c2ccccc2NC1=O. The maximum Gasteiger partial charge on any atom is 0.269 e. The van der Waals surface area contributed by atoms with E-state index >= 15 is 0 Å². The zero-order chi connectivity index (χ0) is 26.3. The van der Waals surface area contributed by atoms with Crippen molar-refractivity contribution in [3.05, 3.63) is 91.0 Å². The average Bonchev–Trinajstić information content (AvgIpc) is 2.98. The second-order valence-electron chi connectivity index (χ2n) is 9.48. The lowest BCUT2D eigenvalue weighted by Gasteiger charge is -2.37. The summed E-state index contributed by atoms with van der Waals surface area (Å²) in [7, 11) is 0. The van der Waals surface area contributed by atoms with E-state index in [-0.39, 0.29) is 18.8 Å². The van der Waals surface area contributed by atoms with Gasteiger partial charge < -0.3 is 16.4 Å². The summed E-state index contributed by atoms with van der Waals surface area (Å²) in [4.78, 5) is 44.5. The Morgan fingerprint density at radius 1 is 1.08 bits per heavy atom. The Morgan fingerprint density at radius 2 is 1.69 bits per heavy atom. The fourth-order valence-electron chi connectivity index (χ4n) is 4.73. The molecular weight excluding hydrogens is 452 g/mol. The van der Waals surface area contributed by atoms with Gasteiger partial charge in [0.15, 0.2) is 0 Å². The first-order chi connectivity index (χ1) is 17.2. The highest BCUT2D eigenvalue weighted by Gasteiger charge is 2.47. The molecule has 0 aliphatic carbocycles. The predicted octanol–water partition coefficient (Wildman–Crippen LogP) is 4.20. The van der Waals surface area contributed by atoms with Crippen LogP contribution in [0.1, 0.15) is 44.2 Å². The van der Waals surface area contributed by atoms with E-state index in [1.54, 1.807) is 18.2 Å². The van der Waals surface area contributed by atoms with Crippen LogP contribution in [0, 0.1) is 17.3 Å². The molecule has 7 heteroatoms. The molecule has 3 amide bonds. The van der Waals surface area contributed by atoms with Crippen LogP contribution >= 0.6 is 0 Å². The first-order valence-corrected chi connectivity index (χ1v) is 12.1. The number of primary amides is 1. The molecule has 0 saturated heterocycles. The topological polar surface area (TPSA) is 114 Å². The Bertz CT molecular complexity index is 1160. The molecule has 1 aliphatic heterocycles. The molecule has 1 aliphatic rings. The molecule has 0 fully saturated rings. The van der Waals surface area contributed by atoms with Gasteiger partial charge in [0.1, 0.15) is 0 Å². The zero-order valence-electron chi connectivity index (χ0n) is 20.9. The van der Waals surface area contributed by atoms with Crippen LogP contribution in [-0.2, 0) is 14.4 Å². The van der Waals surface area contributed by atoms with Crippen molar-refractivity contribution in [2.75, 3.05) is 5.32 Å². The number of benzodiazepines with no additional fused rings is 1. The van der Waals surface area contributed by atoms with Crippen molar-refractivity contribution in [2.45, 2.75) is 39.3 Å². The molecule has 7 nitrogen and oxygen atoms in total. The maximum atomic E-state index is 13.8. The molecule has 0 unspecified atom stereocenters. The normalized spacial score (nSPS) is 16.1. The highest BCUT2D eigenvalue weighted by Crippen LogP contribution is 2.40. The third-order valence-corrected chi connectivity index (χ3v) is 6.47. The minimum Gasteiger partial charge on any atom is -0.369 e. The summed E-state index contributed by atoms with van der Waals surface area (Å²) in [5.74, 6) is -2.26. The van der Waals surface area contributed by atoms with Gasteiger partial charge in [-0.2, -0.15) is 0 Å². The molecule has 3 rings (SSSR count). The number of allylic oxidation sites excluding steroid dienone is 2. The van der Waals surface area contributed by atoms with Crippen LogP contribution in [0.15, 0.2) is 84.9 Å². The highest BCUT2D eigenvalue weighted by molar-refractivity contribution is 6.19. The fraction of sp³-hybridized carbons (Fsp3) is 0.310. The van der Waals surface area contributed by atoms with E-state index in [0.29, 0.717) is 17.8 Å². The third kappa shape index (κ3) is 5.62. The molecule has 0 aromatic heterocycles. The molecule has 36 heavy (non-hydrogen) atoms. The van der Waals surface area contributed by atoms with Crippen molar-refractivity contribution < 1.29 is 14.4 Å². The molecule has 0 radical (unpaired) electrons. The zero-order valence-corrected chi connectivity index (χ0v) is 20.9. The summed E-state index contributed by atoms with van der Waals surface area (Å²) in [5.41, 5.74) is 7.40. The summed E-state index contributed by atoms with van der Waals surface area (Å²) in [6.45, 7) is 11.5. The standard InChI is InChI=1S/C29H34N4O3/c1-5-16-29(17-6-2,28(30)36)22(18-19(3)4)26(34)33-25-27(35)31-23-15-11-10-14-21(23)24(32-25)20-12-8-7-9-13-20/h5-15,19,22,25H,1-2,16-18H2,3-4H3,(H2,30,36)(H,31,35)(H,33,34)/t22-,25+/m0/s1. The van der Waals surface area contributed by atoms with Crippen molar-refractivity contribution in [3.8, 4) is 0 Å². The van der Waals surface area contributed by atoms with Gasteiger partial charge in [-0.05, 0) is 31.2 Å². The number of rotatable bonds is 11. The number of anilines is 1. The van der Waals surface area contributed by atoms with Crippen LogP contribution in [-0.4, -0.2) is 29.6 Å². The van der Waals surface area contributed by atoms with E-state index in [4.69, 9.17) is 10.7 Å². The van der Waals surface area contributed by atoms with E-state index < -0.39 is 35.2 Å². The van der Waals surface area contributed by atoms with Crippen molar-refractivity contribution in [1.82, 2.24) is 5.32 Å². The number of nitrogens with one attached hydrogen (secondary N) is 2. The molecule has 0 saturated carbocycles. The fourth-order valence-corrected chi connectivity index (χ4v) is 4.73. The van der Waals surface area contributed by atoms with E-state index in [1.807, 2.05) is 62.4 Å². The summed E-state index contributed by atoms with van der Waals surface area (Å²) >= 11 is 0. The number of hydrogen-bond donors (Lipinski definition) is 3. The Balaban J connectivity index is 2.06. The number of nitrogens with two attached hydrogens (primary N) is 1. The van der Waals surface area contributed by atoms with E-state index in [0.717, 1.165) is 11.1 Å². The number of fused-ring (bicyclic) bond motifs is 1. The first-order valence-electron chi connectivity index (χ1n) is 12.1. The average molecular weight is 487 g/mol. The van der Waals surface area contributed by atoms with Gasteiger partial charge in [-0.1, -0.05) is 74.5 Å². The summed E-state index contributed by atoms with van der Waals surface area (Å²) in [6.07, 6.45) is 2.79. The van der Waals surface area contributed by atoms with Crippen molar-refractivity contribution in [3.63, 3.8) is 0 Å². The summed E-state index contributed by atoms with van der Waals surface area (Å²) in [5, 5.41) is 5.69. The quantitative estimate of drug-likeness (QED) is 0.414. The summed E-state index contributed by atoms with van der Waals surface area (Å²) in [6, 6.07) is 16.8. The van der Waals surface area contributed by atoms with Gasteiger partial charge in [-0.15, -0.1) is 13.2 Å². The van der Waals surface area contributed by atoms with E-state index in [9.17, 15) is 14.4 Å².